The van der Waals surface area contributed by atoms with E-state index in [0.29, 0.717) is 6.04 Å². The predicted molar refractivity (Wildman–Crippen MR) is 59.4 cm³/mol. The summed E-state index contributed by atoms with van der Waals surface area (Å²) in [6.45, 7) is 7.82. The molecule has 0 aliphatic carbocycles. The number of likely N-dealkylation sites (N-methyl/N-ethyl adjacent to an activating group) is 1. The first kappa shape index (κ1) is 12.0. The molecule has 2 unspecified atom stereocenters. The van der Waals surface area contributed by atoms with Crippen LogP contribution in [0.25, 0.3) is 0 Å². The molecule has 1 rings (SSSR count). The van der Waals surface area contributed by atoms with Crippen LogP contribution >= 0.6 is 0 Å². The lowest BCUT2D eigenvalue weighted by molar-refractivity contribution is 0.132. The zero-order valence-corrected chi connectivity index (χ0v) is 9.71. The van der Waals surface area contributed by atoms with Gasteiger partial charge >= 0.3 is 0 Å². The highest BCUT2D eigenvalue weighted by Crippen LogP contribution is 2.19. The van der Waals surface area contributed by atoms with E-state index in [0.717, 1.165) is 19.5 Å². The van der Waals surface area contributed by atoms with Crippen molar-refractivity contribution in [2.45, 2.75) is 32.7 Å². The van der Waals surface area contributed by atoms with Gasteiger partial charge in [-0.25, -0.2) is 0 Å². The molecule has 3 nitrogen and oxygen atoms in total. The Balaban J connectivity index is 2.25. The van der Waals surface area contributed by atoms with Crippen molar-refractivity contribution < 1.29 is 5.11 Å². The third-order valence-corrected chi connectivity index (χ3v) is 3.44. The highest BCUT2D eigenvalue weighted by Gasteiger charge is 2.24. The number of hydrogen-bond donors (Lipinski definition) is 2. The van der Waals surface area contributed by atoms with Crippen molar-refractivity contribution in [3.05, 3.63) is 0 Å². The fraction of sp³-hybridized carbons (Fsp3) is 1.00. The number of aliphatic hydroxyl groups is 1. The minimum absolute atomic E-state index is 0.0567. The molecule has 1 aliphatic heterocycles. The summed E-state index contributed by atoms with van der Waals surface area (Å²) < 4.78 is 0. The largest absolute Gasteiger partial charge is 0.396 e. The third kappa shape index (κ3) is 3.23. The Morgan fingerprint density at radius 3 is 2.71 bits per heavy atom. The molecular weight excluding hydrogens is 176 g/mol. The van der Waals surface area contributed by atoms with Gasteiger partial charge in [0.1, 0.15) is 0 Å². The van der Waals surface area contributed by atoms with Gasteiger partial charge in [-0.05, 0) is 26.4 Å². The van der Waals surface area contributed by atoms with Crippen molar-refractivity contribution in [2.24, 2.45) is 5.41 Å². The number of aliphatic hydroxyl groups excluding tert-OH is 1. The van der Waals surface area contributed by atoms with E-state index in [1.807, 2.05) is 0 Å². The van der Waals surface area contributed by atoms with E-state index in [-0.39, 0.29) is 12.0 Å². The minimum Gasteiger partial charge on any atom is -0.396 e. The van der Waals surface area contributed by atoms with Gasteiger partial charge in [0.25, 0.3) is 0 Å². The van der Waals surface area contributed by atoms with E-state index in [1.165, 1.54) is 13.0 Å². The zero-order valence-electron chi connectivity index (χ0n) is 9.71. The Labute approximate surface area is 87.5 Å². The van der Waals surface area contributed by atoms with Crippen LogP contribution in [0.2, 0.25) is 0 Å². The fourth-order valence-corrected chi connectivity index (χ4v) is 1.79. The molecule has 1 aliphatic rings. The summed E-state index contributed by atoms with van der Waals surface area (Å²) in [5.41, 5.74) is 0.0567. The SMILES string of the molecule is CCC(C)(CO)CNC1CCN(C)C1. The van der Waals surface area contributed by atoms with E-state index in [2.05, 4.69) is 31.1 Å². The summed E-state index contributed by atoms with van der Waals surface area (Å²) in [5, 5.41) is 12.8. The molecule has 84 valence electrons. The van der Waals surface area contributed by atoms with Crippen LogP contribution in [0.4, 0.5) is 0 Å². The van der Waals surface area contributed by atoms with Crippen LogP contribution in [-0.4, -0.2) is 49.3 Å². The fourth-order valence-electron chi connectivity index (χ4n) is 1.79. The van der Waals surface area contributed by atoms with Crippen LogP contribution in [0.15, 0.2) is 0 Å². The van der Waals surface area contributed by atoms with Crippen LogP contribution in [0.1, 0.15) is 26.7 Å². The molecule has 0 aromatic rings. The van der Waals surface area contributed by atoms with Crippen molar-refractivity contribution >= 4 is 0 Å². The molecule has 2 N–H and O–H groups in total. The van der Waals surface area contributed by atoms with Crippen LogP contribution < -0.4 is 5.32 Å². The number of likely N-dealkylation sites (tertiary alicyclic amines) is 1. The Bertz CT molecular complexity index is 169. The summed E-state index contributed by atoms with van der Waals surface area (Å²) in [7, 11) is 2.16. The minimum atomic E-state index is 0.0567. The average Bonchev–Trinajstić information content (AvgIpc) is 2.61. The highest BCUT2D eigenvalue weighted by molar-refractivity contribution is 4.82. The Hall–Kier alpha value is -0.120. The Morgan fingerprint density at radius 2 is 2.29 bits per heavy atom. The van der Waals surface area contributed by atoms with Gasteiger partial charge in [-0.3, -0.25) is 0 Å². The summed E-state index contributed by atoms with van der Waals surface area (Å²) >= 11 is 0. The molecule has 0 saturated carbocycles. The van der Waals surface area contributed by atoms with E-state index in [1.54, 1.807) is 0 Å². The molecule has 1 saturated heterocycles. The van der Waals surface area contributed by atoms with E-state index in [9.17, 15) is 5.11 Å². The van der Waals surface area contributed by atoms with Crippen molar-refractivity contribution in [2.75, 3.05) is 33.3 Å². The number of nitrogens with zero attached hydrogens (tertiary/aromatic N) is 1. The van der Waals surface area contributed by atoms with Crippen LogP contribution in [0.3, 0.4) is 0 Å². The zero-order chi connectivity index (χ0) is 10.6. The average molecular weight is 200 g/mol. The van der Waals surface area contributed by atoms with E-state index >= 15 is 0 Å². The second-order valence-electron chi connectivity index (χ2n) is 4.95. The standard InChI is InChI=1S/C11H24N2O/c1-4-11(2,9-14)8-12-10-5-6-13(3)7-10/h10,12,14H,4-9H2,1-3H3. The first-order valence-electron chi connectivity index (χ1n) is 5.62. The molecule has 14 heavy (non-hydrogen) atoms. The molecule has 1 fully saturated rings. The summed E-state index contributed by atoms with van der Waals surface area (Å²) in [6, 6.07) is 0.623. The van der Waals surface area contributed by atoms with Crippen molar-refractivity contribution in [1.29, 1.82) is 0 Å². The van der Waals surface area contributed by atoms with Gasteiger partial charge in [0.15, 0.2) is 0 Å². The van der Waals surface area contributed by atoms with Gasteiger partial charge in [-0.2, -0.15) is 0 Å². The van der Waals surface area contributed by atoms with Gasteiger partial charge in [-0.15, -0.1) is 0 Å². The second-order valence-corrected chi connectivity index (χ2v) is 4.95. The van der Waals surface area contributed by atoms with Crippen LogP contribution in [0, 0.1) is 5.41 Å². The highest BCUT2D eigenvalue weighted by atomic mass is 16.3. The molecule has 0 aromatic heterocycles. The third-order valence-electron chi connectivity index (χ3n) is 3.44. The monoisotopic (exact) mass is 200 g/mol. The van der Waals surface area contributed by atoms with Gasteiger partial charge in [0, 0.05) is 31.2 Å². The predicted octanol–water partition coefficient (Wildman–Crippen LogP) is 0.689. The van der Waals surface area contributed by atoms with Crippen molar-refractivity contribution in [1.82, 2.24) is 10.2 Å². The first-order chi connectivity index (χ1) is 6.59. The summed E-state index contributed by atoms with van der Waals surface area (Å²) in [5.74, 6) is 0. The number of nitrogens with one attached hydrogen (secondary N) is 1. The van der Waals surface area contributed by atoms with Crippen LogP contribution in [0.5, 0.6) is 0 Å². The van der Waals surface area contributed by atoms with Gasteiger partial charge in [0.2, 0.25) is 0 Å². The maximum Gasteiger partial charge on any atom is 0.0496 e. The summed E-state index contributed by atoms with van der Waals surface area (Å²) in [6.07, 6.45) is 2.26. The van der Waals surface area contributed by atoms with Gasteiger partial charge < -0.3 is 15.3 Å². The lowest BCUT2D eigenvalue weighted by Crippen LogP contribution is -2.41. The van der Waals surface area contributed by atoms with Gasteiger partial charge in [0.05, 0.1) is 0 Å². The maximum atomic E-state index is 9.26. The maximum absolute atomic E-state index is 9.26. The molecule has 1 heterocycles. The first-order valence-corrected chi connectivity index (χ1v) is 5.62. The lowest BCUT2D eigenvalue weighted by Gasteiger charge is -2.27. The Kier molecular flexibility index (Phi) is 4.35. The van der Waals surface area contributed by atoms with E-state index < -0.39 is 0 Å². The lowest BCUT2D eigenvalue weighted by atomic mass is 9.88. The van der Waals surface area contributed by atoms with Crippen LogP contribution in [-0.2, 0) is 0 Å². The topological polar surface area (TPSA) is 35.5 Å². The molecule has 0 aromatic carbocycles. The van der Waals surface area contributed by atoms with Crippen molar-refractivity contribution in [3.8, 4) is 0 Å². The van der Waals surface area contributed by atoms with E-state index in [4.69, 9.17) is 0 Å². The normalized spacial score (nSPS) is 27.9. The number of rotatable bonds is 5. The smallest absolute Gasteiger partial charge is 0.0496 e. The molecule has 2 atom stereocenters. The molecule has 0 amide bonds. The molecule has 0 radical (unpaired) electrons. The quantitative estimate of drug-likeness (QED) is 0.685. The summed E-state index contributed by atoms with van der Waals surface area (Å²) in [4.78, 5) is 2.35. The number of hydrogen-bond acceptors (Lipinski definition) is 3. The molecular formula is C11H24N2O. The van der Waals surface area contributed by atoms with Gasteiger partial charge in [-0.1, -0.05) is 13.8 Å². The molecule has 3 heteroatoms. The Morgan fingerprint density at radius 1 is 1.57 bits per heavy atom. The molecule has 0 spiro atoms. The second kappa shape index (κ2) is 5.10. The molecule has 0 bridgehead atoms. The van der Waals surface area contributed by atoms with Crippen molar-refractivity contribution in [3.63, 3.8) is 0 Å².